The van der Waals surface area contributed by atoms with E-state index in [1.54, 1.807) is 11.3 Å². The first-order chi connectivity index (χ1) is 13.0. The van der Waals surface area contributed by atoms with Crippen LogP contribution in [-0.2, 0) is 19.7 Å². The zero-order chi connectivity index (χ0) is 19.3. The van der Waals surface area contributed by atoms with Crippen LogP contribution in [0.3, 0.4) is 0 Å². The van der Waals surface area contributed by atoms with E-state index >= 15 is 0 Å². The van der Waals surface area contributed by atoms with Crippen LogP contribution in [0.1, 0.15) is 43.0 Å². The molecule has 5 nitrogen and oxygen atoms in total. The fraction of sp³-hybridized carbons (Fsp3) is 0.429. The standard InChI is InChI=1S/C21H26N2O3S/c1-15(2)16-5-7-17(8-6-16)23-20(25)19(24)22-14-21(9-11-26-12-10-21)18-4-3-13-27-18/h3-8,13,15H,9-12,14H2,1-2H3,(H,22,24)(H,23,25). The molecule has 0 saturated carbocycles. The topological polar surface area (TPSA) is 67.4 Å². The minimum absolute atomic E-state index is 0.152. The molecule has 0 spiro atoms. The van der Waals surface area contributed by atoms with Crippen LogP contribution in [0, 0.1) is 0 Å². The summed E-state index contributed by atoms with van der Waals surface area (Å²) in [5.41, 5.74) is 1.66. The lowest BCUT2D eigenvalue weighted by atomic mass is 9.78. The molecule has 2 N–H and O–H groups in total. The highest BCUT2D eigenvalue weighted by molar-refractivity contribution is 7.10. The Kier molecular flexibility index (Phi) is 6.29. The number of rotatable bonds is 5. The molecule has 0 atom stereocenters. The quantitative estimate of drug-likeness (QED) is 0.771. The lowest BCUT2D eigenvalue weighted by Gasteiger charge is -2.36. The Balaban J connectivity index is 1.59. The van der Waals surface area contributed by atoms with Crippen LogP contribution in [0.25, 0.3) is 0 Å². The van der Waals surface area contributed by atoms with Gasteiger partial charge in [0.1, 0.15) is 0 Å². The molecule has 1 saturated heterocycles. The molecule has 1 aliphatic heterocycles. The number of thiophene rings is 1. The van der Waals surface area contributed by atoms with Gasteiger partial charge in [0.25, 0.3) is 0 Å². The van der Waals surface area contributed by atoms with Crippen LogP contribution in [-0.4, -0.2) is 31.6 Å². The Morgan fingerprint density at radius 1 is 1.11 bits per heavy atom. The zero-order valence-electron chi connectivity index (χ0n) is 15.8. The van der Waals surface area contributed by atoms with Crippen molar-refractivity contribution in [2.24, 2.45) is 0 Å². The minimum Gasteiger partial charge on any atom is -0.381 e. The van der Waals surface area contributed by atoms with Crippen molar-refractivity contribution in [3.63, 3.8) is 0 Å². The summed E-state index contributed by atoms with van der Waals surface area (Å²) >= 11 is 1.69. The smallest absolute Gasteiger partial charge is 0.313 e. The Bertz CT molecular complexity index is 763. The molecule has 0 aliphatic carbocycles. The predicted octanol–water partition coefficient (Wildman–Crippen LogP) is 3.67. The van der Waals surface area contributed by atoms with Gasteiger partial charge in [0, 0.05) is 35.7 Å². The molecule has 1 aliphatic rings. The number of carbonyl (C=O) groups is 2. The second-order valence-corrected chi connectivity index (χ2v) is 8.23. The summed E-state index contributed by atoms with van der Waals surface area (Å²) in [6.45, 7) is 6.00. The maximum Gasteiger partial charge on any atom is 0.313 e. The molecular formula is C21H26N2O3S. The van der Waals surface area contributed by atoms with Gasteiger partial charge in [0.2, 0.25) is 0 Å². The molecule has 0 bridgehead atoms. The number of benzene rings is 1. The lowest BCUT2D eigenvalue weighted by molar-refractivity contribution is -0.136. The largest absolute Gasteiger partial charge is 0.381 e. The second kappa shape index (κ2) is 8.67. The monoisotopic (exact) mass is 386 g/mol. The van der Waals surface area contributed by atoms with Gasteiger partial charge in [-0.15, -0.1) is 11.3 Å². The average molecular weight is 387 g/mol. The van der Waals surface area contributed by atoms with Crippen LogP contribution in [0.4, 0.5) is 5.69 Å². The summed E-state index contributed by atoms with van der Waals surface area (Å²) in [5.74, 6) is -0.822. The van der Waals surface area contributed by atoms with Crippen molar-refractivity contribution in [1.82, 2.24) is 5.32 Å². The van der Waals surface area contributed by atoms with E-state index in [-0.39, 0.29) is 5.41 Å². The van der Waals surface area contributed by atoms with Crippen molar-refractivity contribution in [3.8, 4) is 0 Å². The number of ether oxygens (including phenoxy) is 1. The molecule has 1 aromatic heterocycles. The summed E-state index contributed by atoms with van der Waals surface area (Å²) in [4.78, 5) is 25.8. The molecule has 27 heavy (non-hydrogen) atoms. The molecule has 1 fully saturated rings. The first-order valence-electron chi connectivity index (χ1n) is 9.31. The molecule has 2 amide bonds. The van der Waals surface area contributed by atoms with Crippen molar-refractivity contribution in [1.29, 1.82) is 0 Å². The molecule has 1 aromatic carbocycles. The maximum absolute atomic E-state index is 12.3. The van der Waals surface area contributed by atoms with Gasteiger partial charge in [-0.25, -0.2) is 0 Å². The third-order valence-corrected chi connectivity index (χ3v) is 6.24. The fourth-order valence-electron chi connectivity index (χ4n) is 3.32. The summed E-state index contributed by atoms with van der Waals surface area (Å²) in [7, 11) is 0. The number of amides is 2. The van der Waals surface area contributed by atoms with E-state index in [0.29, 0.717) is 31.4 Å². The maximum atomic E-state index is 12.3. The van der Waals surface area contributed by atoms with Crippen molar-refractivity contribution in [2.75, 3.05) is 25.1 Å². The Hall–Kier alpha value is -2.18. The fourth-order valence-corrected chi connectivity index (χ4v) is 4.31. The van der Waals surface area contributed by atoms with Gasteiger partial charge in [-0.3, -0.25) is 9.59 Å². The number of carbonyl (C=O) groups excluding carboxylic acids is 2. The van der Waals surface area contributed by atoms with Gasteiger partial charge in [-0.2, -0.15) is 0 Å². The predicted molar refractivity (Wildman–Crippen MR) is 108 cm³/mol. The summed E-state index contributed by atoms with van der Waals surface area (Å²) < 4.78 is 5.50. The molecule has 144 valence electrons. The highest BCUT2D eigenvalue weighted by atomic mass is 32.1. The second-order valence-electron chi connectivity index (χ2n) is 7.28. The summed E-state index contributed by atoms with van der Waals surface area (Å²) in [6, 6.07) is 11.7. The number of hydrogen-bond acceptors (Lipinski definition) is 4. The first kappa shape index (κ1) is 19.6. The van der Waals surface area contributed by atoms with Crippen LogP contribution in [0.15, 0.2) is 41.8 Å². The van der Waals surface area contributed by atoms with Gasteiger partial charge < -0.3 is 15.4 Å². The van der Waals surface area contributed by atoms with Crippen molar-refractivity contribution in [3.05, 3.63) is 52.2 Å². The van der Waals surface area contributed by atoms with Crippen LogP contribution in [0.5, 0.6) is 0 Å². The number of anilines is 1. The van der Waals surface area contributed by atoms with Gasteiger partial charge in [0.15, 0.2) is 0 Å². The molecule has 3 rings (SSSR count). The highest BCUT2D eigenvalue weighted by Crippen LogP contribution is 2.36. The first-order valence-corrected chi connectivity index (χ1v) is 10.2. The SMILES string of the molecule is CC(C)c1ccc(NC(=O)C(=O)NCC2(c3cccs3)CCOCC2)cc1. The van der Waals surface area contributed by atoms with Gasteiger partial charge in [-0.05, 0) is 47.9 Å². The molecule has 6 heteroatoms. The Morgan fingerprint density at radius 2 is 1.81 bits per heavy atom. The van der Waals surface area contributed by atoms with E-state index < -0.39 is 11.8 Å². The van der Waals surface area contributed by atoms with Crippen LogP contribution >= 0.6 is 11.3 Å². The molecule has 0 unspecified atom stereocenters. The van der Waals surface area contributed by atoms with Gasteiger partial charge >= 0.3 is 11.8 Å². The van der Waals surface area contributed by atoms with Crippen LogP contribution in [0.2, 0.25) is 0 Å². The van der Waals surface area contributed by atoms with E-state index in [2.05, 4.69) is 30.5 Å². The third kappa shape index (κ3) is 4.76. The van der Waals surface area contributed by atoms with E-state index in [9.17, 15) is 9.59 Å². The molecule has 0 radical (unpaired) electrons. The van der Waals surface area contributed by atoms with E-state index in [4.69, 9.17) is 4.74 Å². The average Bonchev–Trinajstić information content (AvgIpc) is 3.23. The van der Waals surface area contributed by atoms with Gasteiger partial charge in [0.05, 0.1) is 0 Å². The number of hydrogen-bond donors (Lipinski definition) is 2. The molecular weight excluding hydrogens is 360 g/mol. The van der Waals surface area contributed by atoms with Crippen molar-refractivity contribution < 1.29 is 14.3 Å². The Labute approximate surface area is 164 Å². The van der Waals surface area contributed by atoms with E-state index in [1.165, 1.54) is 10.4 Å². The third-order valence-electron chi connectivity index (χ3n) is 5.12. The van der Waals surface area contributed by atoms with E-state index in [0.717, 1.165) is 12.8 Å². The number of nitrogens with one attached hydrogen (secondary N) is 2. The lowest BCUT2D eigenvalue weighted by Crippen LogP contribution is -2.46. The summed E-state index contributed by atoms with van der Waals surface area (Å²) in [5, 5.41) is 7.54. The Morgan fingerprint density at radius 3 is 2.41 bits per heavy atom. The highest BCUT2D eigenvalue weighted by Gasteiger charge is 2.36. The summed E-state index contributed by atoms with van der Waals surface area (Å²) in [6.07, 6.45) is 1.68. The zero-order valence-corrected chi connectivity index (χ0v) is 16.6. The normalized spacial score (nSPS) is 16.1. The minimum atomic E-state index is -0.638. The van der Waals surface area contributed by atoms with Crippen molar-refractivity contribution >= 4 is 28.8 Å². The molecule has 2 heterocycles. The van der Waals surface area contributed by atoms with Gasteiger partial charge in [-0.1, -0.05) is 32.0 Å². The van der Waals surface area contributed by atoms with Crippen molar-refractivity contribution in [2.45, 2.75) is 38.0 Å². The van der Waals surface area contributed by atoms with Crippen LogP contribution < -0.4 is 10.6 Å². The van der Waals surface area contributed by atoms with E-state index in [1.807, 2.05) is 35.7 Å². The molecule has 2 aromatic rings.